The molecule has 8 nitrogen and oxygen atoms in total. The molecule has 0 saturated carbocycles. The first-order chi connectivity index (χ1) is 15.9. The van der Waals surface area contributed by atoms with Crippen molar-refractivity contribution in [2.75, 3.05) is 7.11 Å². The van der Waals surface area contributed by atoms with E-state index in [0.29, 0.717) is 0 Å². The number of benzene rings is 2. The Balaban J connectivity index is 1.76. The van der Waals surface area contributed by atoms with Crippen molar-refractivity contribution in [3.63, 3.8) is 0 Å². The number of amides is 2. The van der Waals surface area contributed by atoms with E-state index >= 15 is 0 Å². The number of rotatable bonds is 9. The standard InChI is InChI=1S/C25H29N3O5/c1-16(2)22(24(30)32-3)28-23(29)21(13-18-14-26-20-12-8-7-11-19(18)20)27-25(31)33-15-17-9-5-4-6-10-17/h4-12,14,16,21-22,26H,13,15H2,1-3H3,(H,27,31)(H,28,29). The maximum absolute atomic E-state index is 13.2. The van der Waals surface area contributed by atoms with E-state index in [4.69, 9.17) is 9.47 Å². The highest BCUT2D eigenvalue weighted by atomic mass is 16.5. The third-order valence-electron chi connectivity index (χ3n) is 5.34. The van der Waals surface area contributed by atoms with Crippen LogP contribution in [0.5, 0.6) is 0 Å². The molecule has 1 heterocycles. The molecule has 0 aliphatic heterocycles. The zero-order valence-corrected chi connectivity index (χ0v) is 19.0. The number of aromatic nitrogens is 1. The quantitative estimate of drug-likeness (QED) is 0.433. The fraction of sp³-hybridized carbons (Fsp3) is 0.320. The highest BCUT2D eigenvalue weighted by Crippen LogP contribution is 2.19. The van der Waals surface area contributed by atoms with Crippen molar-refractivity contribution in [2.24, 2.45) is 5.92 Å². The number of H-pyrrole nitrogens is 1. The topological polar surface area (TPSA) is 110 Å². The fourth-order valence-corrected chi connectivity index (χ4v) is 3.52. The van der Waals surface area contributed by atoms with Crippen molar-refractivity contribution in [3.8, 4) is 0 Å². The number of hydrogen-bond donors (Lipinski definition) is 3. The summed E-state index contributed by atoms with van der Waals surface area (Å²) >= 11 is 0. The number of carbonyl (C=O) groups is 3. The molecule has 33 heavy (non-hydrogen) atoms. The van der Waals surface area contributed by atoms with Crippen LogP contribution in [0, 0.1) is 5.92 Å². The summed E-state index contributed by atoms with van der Waals surface area (Å²) in [6, 6.07) is 15.1. The van der Waals surface area contributed by atoms with Crippen LogP contribution in [0.2, 0.25) is 0 Å². The third-order valence-corrected chi connectivity index (χ3v) is 5.34. The Morgan fingerprint density at radius 2 is 1.67 bits per heavy atom. The predicted octanol–water partition coefficient (Wildman–Crippen LogP) is 3.32. The summed E-state index contributed by atoms with van der Waals surface area (Å²) in [5.74, 6) is -1.24. The average Bonchev–Trinajstić information content (AvgIpc) is 3.23. The first-order valence-electron chi connectivity index (χ1n) is 10.8. The Morgan fingerprint density at radius 3 is 2.36 bits per heavy atom. The predicted molar refractivity (Wildman–Crippen MR) is 124 cm³/mol. The van der Waals surface area contributed by atoms with Crippen molar-refractivity contribution >= 4 is 28.9 Å². The minimum Gasteiger partial charge on any atom is -0.467 e. The first-order valence-corrected chi connectivity index (χ1v) is 10.8. The van der Waals surface area contributed by atoms with E-state index in [1.54, 1.807) is 13.8 Å². The maximum Gasteiger partial charge on any atom is 0.408 e. The monoisotopic (exact) mass is 451 g/mol. The van der Waals surface area contributed by atoms with Gasteiger partial charge in [0, 0.05) is 23.5 Å². The van der Waals surface area contributed by atoms with Crippen LogP contribution in [0.25, 0.3) is 10.9 Å². The molecule has 0 radical (unpaired) electrons. The van der Waals surface area contributed by atoms with E-state index in [0.717, 1.165) is 22.0 Å². The molecule has 3 rings (SSSR count). The molecule has 3 N–H and O–H groups in total. The van der Waals surface area contributed by atoms with Gasteiger partial charge in [-0.25, -0.2) is 9.59 Å². The molecule has 1 aromatic heterocycles. The molecular formula is C25H29N3O5. The Morgan fingerprint density at radius 1 is 0.970 bits per heavy atom. The first kappa shape index (κ1) is 23.8. The van der Waals surface area contributed by atoms with Gasteiger partial charge in [-0.1, -0.05) is 62.4 Å². The van der Waals surface area contributed by atoms with Crippen LogP contribution in [0.15, 0.2) is 60.8 Å². The van der Waals surface area contributed by atoms with E-state index in [2.05, 4.69) is 15.6 Å². The molecule has 174 valence electrons. The molecule has 3 aromatic rings. The second-order valence-corrected chi connectivity index (χ2v) is 8.08. The molecule has 0 aliphatic carbocycles. The number of carbonyl (C=O) groups excluding carboxylic acids is 3. The van der Waals surface area contributed by atoms with Gasteiger partial charge >= 0.3 is 12.1 Å². The van der Waals surface area contributed by atoms with Crippen LogP contribution in [0.4, 0.5) is 4.79 Å². The van der Waals surface area contributed by atoms with Crippen LogP contribution < -0.4 is 10.6 Å². The zero-order valence-electron chi connectivity index (χ0n) is 19.0. The van der Waals surface area contributed by atoms with Crippen LogP contribution in [0.1, 0.15) is 25.0 Å². The number of alkyl carbamates (subject to hydrolysis) is 1. The summed E-state index contributed by atoms with van der Waals surface area (Å²) in [6.45, 7) is 3.68. The number of methoxy groups -OCH3 is 1. The lowest BCUT2D eigenvalue weighted by Crippen LogP contribution is -2.54. The smallest absolute Gasteiger partial charge is 0.408 e. The second kappa shape index (κ2) is 11.2. The van der Waals surface area contributed by atoms with E-state index in [-0.39, 0.29) is 18.9 Å². The van der Waals surface area contributed by atoms with E-state index in [1.807, 2.05) is 60.8 Å². The number of hydrogen-bond acceptors (Lipinski definition) is 5. The van der Waals surface area contributed by atoms with Crippen molar-refractivity contribution < 1.29 is 23.9 Å². The van der Waals surface area contributed by atoms with E-state index in [1.165, 1.54) is 7.11 Å². The van der Waals surface area contributed by atoms with Gasteiger partial charge in [-0.05, 0) is 23.1 Å². The Labute approximate surface area is 192 Å². The molecule has 0 saturated heterocycles. The van der Waals surface area contributed by atoms with Gasteiger partial charge < -0.3 is 25.1 Å². The van der Waals surface area contributed by atoms with Gasteiger partial charge in [0.2, 0.25) is 5.91 Å². The molecule has 0 fully saturated rings. The van der Waals surface area contributed by atoms with Gasteiger partial charge in [-0.3, -0.25) is 4.79 Å². The largest absolute Gasteiger partial charge is 0.467 e. The Hall–Kier alpha value is -3.81. The minimum atomic E-state index is -0.960. The van der Waals surface area contributed by atoms with Gasteiger partial charge in [0.25, 0.3) is 0 Å². The summed E-state index contributed by atoms with van der Waals surface area (Å²) in [7, 11) is 1.27. The molecule has 2 amide bonds. The summed E-state index contributed by atoms with van der Waals surface area (Å²) in [4.78, 5) is 41.0. The van der Waals surface area contributed by atoms with Crippen molar-refractivity contribution in [2.45, 2.75) is 39.0 Å². The van der Waals surface area contributed by atoms with Crippen molar-refractivity contribution in [3.05, 3.63) is 71.9 Å². The molecular weight excluding hydrogens is 422 g/mol. The highest BCUT2D eigenvalue weighted by molar-refractivity contribution is 5.91. The molecule has 0 spiro atoms. The summed E-state index contributed by atoms with van der Waals surface area (Å²) in [5, 5.41) is 6.31. The lowest BCUT2D eigenvalue weighted by Gasteiger charge is -2.24. The van der Waals surface area contributed by atoms with Crippen LogP contribution in [-0.2, 0) is 32.1 Å². The van der Waals surface area contributed by atoms with Crippen LogP contribution in [0.3, 0.4) is 0 Å². The lowest BCUT2D eigenvalue weighted by molar-refractivity contribution is -0.146. The van der Waals surface area contributed by atoms with Crippen molar-refractivity contribution in [1.29, 1.82) is 0 Å². The zero-order chi connectivity index (χ0) is 23.8. The number of para-hydroxylation sites is 1. The number of nitrogens with one attached hydrogen (secondary N) is 3. The highest BCUT2D eigenvalue weighted by Gasteiger charge is 2.30. The van der Waals surface area contributed by atoms with Gasteiger partial charge in [-0.2, -0.15) is 0 Å². The lowest BCUT2D eigenvalue weighted by atomic mass is 10.0. The van der Waals surface area contributed by atoms with Crippen LogP contribution in [-0.4, -0.2) is 42.1 Å². The van der Waals surface area contributed by atoms with Gasteiger partial charge in [0.15, 0.2) is 0 Å². The SMILES string of the molecule is COC(=O)C(NC(=O)C(Cc1c[nH]c2ccccc12)NC(=O)OCc1ccccc1)C(C)C. The normalized spacial score (nSPS) is 12.7. The molecule has 2 atom stereocenters. The molecule has 2 aromatic carbocycles. The average molecular weight is 452 g/mol. The number of fused-ring (bicyclic) bond motifs is 1. The van der Waals surface area contributed by atoms with Crippen molar-refractivity contribution in [1.82, 2.24) is 15.6 Å². The maximum atomic E-state index is 13.2. The van der Waals surface area contributed by atoms with E-state index < -0.39 is 30.1 Å². The van der Waals surface area contributed by atoms with Gasteiger partial charge in [-0.15, -0.1) is 0 Å². The molecule has 0 aliphatic rings. The number of aromatic amines is 1. The minimum absolute atomic E-state index is 0.0743. The Bertz CT molecular complexity index is 1090. The Kier molecular flexibility index (Phi) is 8.07. The number of ether oxygens (including phenoxy) is 2. The van der Waals surface area contributed by atoms with Gasteiger partial charge in [0.1, 0.15) is 18.7 Å². The molecule has 2 unspecified atom stereocenters. The van der Waals surface area contributed by atoms with Crippen LogP contribution >= 0.6 is 0 Å². The van der Waals surface area contributed by atoms with Gasteiger partial charge in [0.05, 0.1) is 7.11 Å². The second-order valence-electron chi connectivity index (χ2n) is 8.08. The summed E-state index contributed by atoms with van der Waals surface area (Å²) in [5.41, 5.74) is 2.61. The molecule has 0 bridgehead atoms. The summed E-state index contributed by atoms with van der Waals surface area (Å²) < 4.78 is 10.1. The molecule has 8 heteroatoms. The summed E-state index contributed by atoms with van der Waals surface area (Å²) in [6.07, 6.45) is 1.29. The van der Waals surface area contributed by atoms with E-state index in [9.17, 15) is 14.4 Å². The third kappa shape index (κ3) is 6.35. The number of esters is 1. The fourth-order valence-electron chi connectivity index (χ4n) is 3.52.